The lowest BCUT2D eigenvalue weighted by molar-refractivity contribution is 0.575. The molecule has 0 fully saturated rings. The summed E-state index contributed by atoms with van der Waals surface area (Å²) in [5.41, 5.74) is 6.48. The SMILES string of the molecule is CC(C)c1ccc(NC(C)(C)CN)nn1. The number of aromatic nitrogens is 2. The van der Waals surface area contributed by atoms with Crippen LogP contribution in [0.3, 0.4) is 0 Å². The Labute approximate surface area is 91.3 Å². The van der Waals surface area contributed by atoms with Gasteiger partial charge in [-0.25, -0.2) is 0 Å². The Morgan fingerprint density at radius 2 is 2.00 bits per heavy atom. The van der Waals surface area contributed by atoms with Crippen molar-refractivity contribution in [1.82, 2.24) is 10.2 Å². The smallest absolute Gasteiger partial charge is 0.149 e. The molecule has 3 N–H and O–H groups in total. The predicted molar refractivity (Wildman–Crippen MR) is 62.9 cm³/mol. The van der Waals surface area contributed by atoms with Crippen LogP contribution in [0.1, 0.15) is 39.3 Å². The minimum atomic E-state index is -0.145. The number of rotatable bonds is 4. The fraction of sp³-hybridized carbons (Fsp3) is 0.636. The molecule has 0 aromatic carbocycles. The third-order valence-electron chi connectivity index (χ3n) is 2.25. The number of nitrogens with two attached hydrogens (primary N) is 1. The second kappa shape index (κ2) is 4.57. The number of nitrogens with zero attached hydrogens (tertiary/aromatic N) is 2. The van der Waals surface area contributed by atoms with Crippen molar-refractivity contribution in [3.05, 3.63) is 17.8 Å². The summed E-state index contributed by atoms with van der Waals surface area (Å²) in [5, 5.41) is 11.5. The van der Waals surface area contributed by atoms with E-state index < -0.39 is 0 Å². The highest BCUT2D eigenvalue weighted by atomic mass is 15.2. The lowest BCUT2D eigenvalue weighted by Crippen LogP contribution is -2.39. The minimum Gasteiger partial charge on any atom is -0.362 e. The topological polar surface area (TPSA) is 63.8 Å². The Balaban J connectivity index is 2.73. The highest BCUT2D eigenvalue weighted by Crippen LogP contribution is 2.14. The summed E-state index contributed by atoms with van der Waals surface area (Å²) in [6.07, 6.45) is 0. The molecule has 1 aromatic heterocycles. The summed E-state index contributed by atoms with van der Waals surface area (Å²) in [7, 11) is 0. The average Bonchev–Trinajstić information content (AvgIpc) is 2.18. The van der Waals surface area contributed by atoms with Crippen LogP contribution < -0.4 is 11.1 Å². The van der Waals surface area contributed by atoms with Gasteiger partial charge in [0, 0.05) is 12.1 Å². The normalized spacial score (nSPS) is 11.9. The molecule has 4 heteroatoms. The van der Waals surface area contributed by atoms with Crippen molar-refractivity contribution in [3.63, 3.8) is 0 Å². The van der Waals surface area contributed by atoms with Crippen molar-refractivity contribution < 1.29 is 0 Å². The molecule has 15 heavy (non-hydrogen) atoms. The summed E-state index contributed by atoms with van der Waals surface area (Å²) in [6, 6.07) is 3.94. The van der Waals surface area contributed by atoms with E-state index in [2.05, 4.69) is 29.4 Å². The Morgan fingerprint density at radius 3 is 2.40 bits per heavy atom. The van der Waals surface area contributed by atoms with Crippen LogP contribution in [-0.4, -0.2) is 22.3 Å². The van der Waals surface area contributed by atoms with Crippen molar-refractivity contribution in [2.75, 3.05) is 11.9 Å². The Kier molecular flexibility index (Phi) is 3.63. The van der Waals surface area contributed by atoms with Crippen LogP contribution in [0.5, 0.6) is 0 Å². The molecule has 84 valence electrons. The van der Waals surface area contributed by atoms with E-state index in [4.69, 9.17) is 5.73 Å². The van der Waals surface area contributed by atoms with E-state index in [-0.39, 0.29) is 5.54 Å². The van der Waals surface area contributed by atoms with Crippen molar-refractivity contribution in [2.45, 2.75) is 39.2 Å². The second-order valence-electron chi connectivity index (χ2n) is 4.71. The van der Waals surface area contributed by atoms with E-state index in [1.165, 1.54) is 0 Å². The minimum absolute atomic E-state index is 0.145. The summed E-state index contributed by atoms with van der Waals surface area (Å²) in [6.45, 7) is 8.82. The number of anilines is 1. The van der Waals surface area contributed by atoms with Crippen LogP contribution in [0.15, 0.2) is 12.1 Å². The molecule has 0 amide bonds. The van der Waals surface area contributed by atoms with Crippen LogP contribution in [0.4, 0.5) is 5.82 Å². The van der Waals surface area contributed by atoms with Gasteiger partial charge in [-0.1, -0.05) is 13.8 Å². The maximum Gasteiger partial charge on any atom is 0.149 e. The quantitative estimate of drug-likeness (QED) is 0.791. The fourth-order valence-corrected chi connectivity index (χ4v) is 1.11. The third kappa shape index (κ3) is 3.47. The zero-order valence-electron chi connectivity index (χ0n) is 9.91. The van der Waals surface area contributed by atoms with Gasteiger partial charge in [0.1, 0.15) is 5.82 Å². The molecule has 0 unspecified atom stereocenters. The average molecular weight is 208 g/mol. The number of nitrogens with one attached hydrogen (secondary N) is 1. The highest BCUT2D eigenvalue weighted by Gasteiger charge is 2.15. The van der Waals surface area contributed by atoms with Crippen molar-refractivity contribution in [3.8, 4) is 0 Å². The first kappa shape index (κ1) is 11.9. The molecule has 1 aromatic rings. The van der Waals surface area contributed by atoms with Crippen LogP contribution in [0.25, 0.3) is 0 Å². The lowest BCUT2D eigenvalue weighted by atomic mass is 10.1. The van der Waals surface area contributed by atoms with Gasteiger partial charge in [-0.15, -0.1) is 5.10 Å². The van der Waals surface area contributed by atoms with Crippen LogP contribution in [-0.2, 0) is 0 Å². The first-order chi connectivity index (χ1) is 6.94. The largest absolute Gasteiger partial charge is 0.362 e. The van der Waals surface area contributed by atoms with Crippen molar-refractivity contribution in [1.29, 1.82) is 0 Å². The third-order valence-corrected chi connectivity index (χ3v) is 2.25. The maximum absolute atomic E-state index is 5.62. The van der Waals surface area contributed by atoms with E-state index in [1.807, 2.05) is 26.0 Å². The van der Waals surface area contributed by atoms with Crippen LogP contribution in [0.2, 0.25) is 0 Å². The van der Waals surface area contributed by atoms with Crippen molar-refractivity contribution >= 4 is 5.82 Å². The van der Waals surface area contributed by atoms with Gasteiger partial charge >= 0.3 is 0 Å². The van der Waals surface area contributed by atoms with Gasteiger partial charge in [0.05, 0.1) is 5.69 Å². The predicted octanol–water partition coefficient (Wildman–Crippen LogP) is 1.75. The lowest BCUT2D eigenvalue weighted by Gasteiger charge is -2.24. The van der Waals surface area contributed by atoms with E-state index in [0.29, 0.717) is 12.5 Å². The van der Waals surface area contributed by atoms with E-state index in [0.717, 1.165) is 11.5 Å². The zero-order valence-corrected chi connectivity index (χ0v) is 9.91. The summed E-state index contributed by atoms with van der Waals surface area (Å²) < 4.78 is 0. The molecule has 0 saturated carbocycles. The number of hydrogen-bond acceptors (Lipinski definition) is 4. The molecule has 0 aliphatic rings. The molecule has 0 bridgehead atoms. The first-order valence-corrected chi connectivity index (χ1v) is 5.26. The molecular formula is C11H20N4. The van der Waals surface area contributed by atoms with Gasteiger partial charge in [-0.05, 0) is 31.9 Å². The van der Waals surface area contributed by atoms with Gasteiger partial charge in [-0.2, -0.15) is 5.10 Å². The fourth-order valence-electron chi connectivity index (χ4n) is 1.11. The molecule has 0 radical (unpaired) electrons. The van der Waals surface area contributed by atoms with Crippen LogP contribution in [0, 0.1) is 0 Å². The molecule has 4 nitrogen and oxygen atoms in total. The Bertz CT molecular complexity index is 303. The molecule has 0 atom stereocenters. The highest BCUT2D eigenvalue weighted by molar-refractivity contribution is 5.36. The van der Waals surface area contributed by atoms with E-state index in [9.17, 15) is 0 Å². The van der Waals surface area contributed by atoms with Gasteiger partial charge < -0.3 is 11.1 Å². The molecule has 1 rings (SSSR count). The maximum atomic E-state index is 5.62. The standard InChI is InChI=1S/C11H20N4/c1-8(2)9-5-6-10(15-14-9)13-11(3,4)7-12/h5-6,8H,7,12H2,1-4H3,(H,13,15). The van der Waals surface area contributed by atoms with Crippen molar-refractivity contribution in [2.24, 2.45) is 5.73 Å². The molecule has 1 heterocycles. The van der Waals surface area contributed by atoms with Gasteiger partial charge in [0.25, 0.3) is 0 Å². The zero-order chi connectivity index (χ0) is 11.5. The molecule has 0 saturated heterocycles. The van der Waals surface area contributed by atoms with Gasteiger partial charge in [-0.3, -0.25) is 0 Å². The van der Waals surface area contributed by atoms with E-state index >= 15 is 0 Å². The number of hydrogen-bond donors (Lipinski definition) is 2. The molecule has 0 aliphatic heterocycles. The van der Waals surface area contributed by atoms with Crippen LogP contribution >= 0.6 is 0 Å². The molecule has 0 aliphatic carbocycles. The monoisotopic (exact) mass is 208 g/mol. The second-order valence-corrected chi connectivity index (χ2v) is 4.71. The Hall–Kier alpha value is -1.16. The van der Waals surface area contributed by atoms with Gasteiger partial charge in [0.15, 0.2) is 0 Å². The summed E-state index contributed by atoms with van der Waals surface area (Å²) >= 11 is 0. The molecular weight excluding hydrogens is 188 g/mol. The Morgan fingerprint density at radius 1 is 1.33 bits per heavy atom. The summed E-state index contributed by atoms with van der Waals surface area (Å²) in [4.78, 5) is 0. The van der Waals surface area contributed by atoms with Gasteiger partial charge in [0.2, 0.25) is 0 Å². The first-order valence-electron chi connectivity index (χ1n) is 5.26. The molecule has 0 spiro atoms. The summed E-state index contributed by atoms with van der Waals surface area (Å²) in [5.74, 6) is 1.18. The van der Waals surface area contributed by atoms with E-state index in [1.54, 1.807) is 0 Å².